The van der Waals surface area contributed by atoms with Gasteiger partial charge in [0, 0.05) is 0 Å². The monoisotopic (exact) mass is 382 g/mol. The fourth-order valence-corrected chi connectivity index (χ4v) is 2.96. The van der Waals surface area contributed by atoms with E-state index in [4.69, 9.17) is 0 Å². The molecule has 140 valence electrons. The molecule has 0 fully saturated rings. The summed E-state index contributed by atoms with van der Waals surface area (Å²) in [6, 6.07) is 8.12. The zero-order valence-electron chi connectivity index (χ0n) is 15.3. The number of benzene rings is 1. The smallest absolute Gasteiger partial charge is 0.433 e. The molecule has 0 aliphatic carbocycles. The number of hydrogen-bond acceptors (Lipinski definition) is 3. The molecule has 0 saturated heterocycles. The van der Waals surface area contributed by atoms with Crippen molar-refractivity contribution in [1.82, 2.24) is 4.98 Å². The van der Waals surface area contributed by atoms with E-state index in [-0.39, 0.29) is 5.69 Å². The van der Waals surface area contributed by atoms with Gasteiger partial charge in [-0.3, -0.25) is 0 Å². The van der Waals surface area contributed by atoms with E-state index in [2.05, 4.69) is 9.38 Å². The molecule has 0 amide bonds. The molecule has 0 spiro atoms. The van der Waals surface area contributed by atoms with E-state index in [0.29, 0.717) is 5.56 Å². The quantitative estimate of drug-likeness (QED) is 0.537. The van der Waals surface area contributed by atoms with E-state index in [1.165, 1.54) is 6.07 Å². The van der Waals surface area contributed by atoms with E-state index in [1.54, 1.807) is 20.8 Å². The molecule has 7 heteroatoms. The van der Waals surface area contributed by atoms with Gasteiger partial charge in [0.1, 0.15) is 28.0 Å². The average Bonchev–Trinajstić information content (AvgIpc) is 2.50. The van der Waals surface area contributed by atoms with Gasteiger partial charge in [0.25, 0.3) is 0 Å². The normalized spacial score (nSPS) is 14.0. The van der Waals surface area contributed by atoms with Crippen molar-refractivity contribution in [3.63, 3.8) is 0 Å². The number of hydrogen-bond donors (Lipinski definition) is 0. The van der Waals surface area contributed by atoms with Crippen molar-refractivity contribution in [3.05, 3.63) is 52.8 Å². The molecule has 0 radical (unpaired) electrons. The number of aromatic nitrogens is 1. The minimum absolute atomic E-state index is 0.0232. The highest BCUT2D eigenvalue weighted by Crippen LogP contribution is 2.33. The van der Waals surface area contributed by atoms with Gasteiger partial charge in [-0.05, 0) is 69.0 Å². The van der Waals surface area contributed by atoms with Gasteiger partial charge in [-0.2, -0.15) is 13.2 Å². The molecule has 26 heavy (non-hydrogen) atoms. The summed E-state index contributed by atoms with van der Waals surface area (Å²) in [5.74, 6) is 0. The van der Waals surface area contributed by atoms with Crippen LogP contribution >= 0.6 is 0 Å². The molecule has 0 bridgehead atoms. The Labute approximate surface area is 154 Å². The van der Waals surface area contributed by atoms with E-state index >= 15 is 0 Å². The third kappa shape index (κ3) is 4.86. The highest BCUT2D eigenvalue weighted by atomic mass is 32.2. The number of aryl methyl sites for hydroxylation is 2. The van der Waals surface area contributed by atoms with E-state index < -0.39 is 28.0 Å². The molecule has 1 heterocycles. The lowest BCUT2D eigenvalue weighted by molar-refractivity contribution is -0.141. The van der Waals surface area contributed by atoms with Crippen LogP contribution in [0, 0.1) is 13.8 Å². The molecular weight excluding hydrogens is 361 g/mol. The van der Waals surface area contributed by atoms with Gasteiger partial charge in [0.05, 0.1) is 5.69 Å². The fraction of sp³-hybridized carbons (Fsp3) is 0.368. The first-order chi connectivity index (χ1) is 11.9. The fourth-order valence-electron chi connectivity index (χ4n) is 2.44. The lowest BCUT2D eigenvalue weighted by atomic mass is 9.95. The maximum absolute atomic E-state index is 13.3. The van der Waals surface area contributed by atoms with Crippen molar-refractivity contribution in [2.24, 2.45) is 4.40 Å². The van der Waals surface area contributed by atoms with Crippen LogP contribution in [0.3, 0.4) is 0 Å². The van der Waals surface area contributed by atoms with Gasteiger partial charge >= 0.3 is 6.18 Å². The molecule has 0 aliphatic heterocycles. The Morgan fingerprint density at radius 1 is 1.08 bits per heavy atom. The second kappa shape index (κ2) is 7.40. The Morgan fingerprint density at radius 2 is 1.65 bits per heavy atom. The molecule has 0 saturated carbocycles. The average molecular weight is 382 g/mol. The van der Waals surface area contributed by atoms with Crippen LogP contribution in [-0.4, -0.2) is 20.5 Å². The second-order valence-corrected chi connectivity index (χ2v) is 8.96. The molecule has 0 N–H and O–H groups in total. The van der Waals surface area contributed by atoms with Gasteiger partial charge < -0.3 is 4.55 Å². The van der Waals surface area contributed by atoms with Crippen molar-refractivity contribution in [2.75, 3.05) is 0 Å². The maximum atomic E-state index is 13.3. The van der Waals surface area contributed by atoms with E-state index in [1.807, 2.05) is 32.0 Å². The van der Waals surface area contributed by atoms with Crippen molar-refractivity contribution >= 4 is 17.6 Å². The minimum atomic E-state index is -4.58. The van der Waals surface area contributed by atoms with Crippen LogP contribution in [0.4, 0.5) is 13.2 Å². The highest BCUT2D eigenvalue weighted by Gasteiger charge is 2.33. The largest absolute Gasteiger partial charge is 0.591 e. The Balaban J connectivity index is 2.59. The summed E-state index contributed by atoms with van der Waals surface area (Å²) in [5, 5.41) is 0. The zero-order chi connectivity index (χ0) is 19.7. The molecule has 2 aromatic rings. The topological polar surface area (TPSA) is 48.3 Å². The van der Waals surface area contributed by atoms with Crippen molar-refractivity contribution in [1.29, 1.82) is 0 Å². The molecule has 2 rings (SSSR count). The third-order valence-electron chi connectivity index (χ3n) is 3.71. The first-order valence-electron chi connectivity index (χ1n) is 8.01. The number of pyridine rings is 1. The molecule has 1 aromatic heterocycles. The van der Waals surface area contributed by atoms with Crippen LogP contribution in [0.15, 0.2) is 34.7 Å². The molecule has 1 unspecified atom stereocenters. The minimum Gasteiger partial charge on any atom is -0.591 e. The molecular formula is C19H21F3N2OS. The van der Waals surface area contributed by atoms with Gasteiger partial charge in [-0.15, -0.1) is 0 Å². The maximum Gasteiger partial charge on any atom is 0.433 e. The summed E-state index contributed by atoms with van der Waals surface area (Å²) < 4.78 is 55.2. The van der Waals surface area contributed by atoms with Crippen LogP contribution in [-0.2, 0) is 17.5 Å². The Bertz CT molecular complexity index is 806. The highest BCUT2D eigenvalue weighted by molar-refractivity contribution is 7.91. The molecule has 1 atom stereocenters. The Kier molecular flexibility index (Phi) is 5.82. The number of rotatable bonds is 3. The number of halogens is 3. The van der Waals surface area contributed by atoms with Gasteiger partial charge in [-0.25, -0.2) is 4.98 Å². The second-order valence-electron chi connectivity index (χ2n) is 7.03. The number of nitrogens with zero attached hydrogens (tertiary/aromatic N) is 2. The van der Waals surface area contributed by atoms with Crippen LogP contribution in [0.25, 0.3) is 11.1 Å². The van der Waals surface area contributed by atoms with Gasteiger partial charge in [0.2, 0.25) is 0 Å². The predicted octanol–water partition coefficient (Wildman–Crippen LogP) is 5.27. The first kappa shape index (κ1) is 20.5. The number of alkyl halides is 3. The van der Waals surface area contributed by atoms with Crippen LogP contribution in [0.5, 0.6) is 0 Å². The zero-order valence-corrected chi connectivity index (χ0v) is 16.1. The molecule has 0 aliphatic rings. The summed E-state index contributed by atoms with van der Waals surface area (Å²) in [5.41, 5.74) is 1.89. The SMILES string of the molecule is Cc1cccc(C)c1-c1cc(C=N[S+]([O-])C(C)(C)C)nc(C(F)(F)F)c1. The van der Waals surface area contributed by atoms with E-state index in [9.17, 15) is 17.7 Å². The van der Waals surface area contributed by atoms with Crippen molar-refractivity contribution in [3.8, 4) is 11.1 Å². The summed E-state index contributed by atoms with van der Waals surface area (Å²) in [7, 11) is 0. The van der Waals surface area contributed by atoms with Crippen molar-refractivity contribution in [2.45, 2.75) is 45.5 Å². The summed E-state index contributed by atoms with van der Waals surface area (Å²) >= 11 is -1.58. The van der Waals surface area contributed by atoms with Crippen molar-refractivity contribution < 1.29 is 17.7 Å². The molecule has 1 aromatic carbocycles. The van der Waals surface area contributed by atoms with E-state index in [0.717, 1.165) is 29.0 Å². The lowest BCUT2D eigenvalue weighted by Crippen LogP contribution is -2.25. The van der Waals surface area contributed by atoms with Gasteiger partial charge in [0.15, 0.2) is 0 Å². The standard InChI is InChI=1S/C19H21F3N2OS/c1-12-7-6-8-13(2)17(12)14-9-15(11-23-26(25)18(3,4)5)24-16(10-14)19(20,21)22/h6-11H,1-5H3. The first-order valence-corrected chi connectivity index (χ1v) is 9.12. The summed E-state index contributed by atoms with van der Waals surface area (Å²) in [6.45, 7) is 8.91. The Hall–Kier alpha value is -1.86. The molecule has 3 nitrogen and oxygen atoms in total. The Morgan fingerprint density at radius 3 is 2.15 bits per heavy atom. The van der Waals surface area contributed by atoms with Crippen LogP contribution in [0.1, 0.15) is 43.3 Å². The van der Waals surface area contributed by atoms with Gasteiger partial charge in [-0.1, -0.05) is 22.6 Å². The third-order valence-corrected chi connectivity index (χ3v) is 5.05. The summed E-state index contributed by atoms with van der Waals surface area (Å²) in [4.78, 5) is 3.63. The summed E-state index contributed by atoms with van der Waals surface area (Å²) in [6.07, 6.45) is -3.44. The van der Waals surface area contributed by atoms with Crippen LogP contribution in [0.2, 0.25) is 0 Å². The lowest BCUT2D eigenvalue weighted by Gasteiger charge is -2.18. The van der Waals surface area contributed by atoms with Crippen LogP contribution < -0.4 is 0 Å². The predicted molar refractivity (Wildman–Crippen MR) is 99.6 cm³/mol.